The first-order valence-corrected chi connectivity index (χ1v) is 5.96. The molecule has 2 rings (SSSR count). The molecule has 0 aromatic heterocycles. The summed E-state index contributed by atoms with van der Waals surface area (Å²) in [6, 6.07) is 9.28. The minimum absolute atomic E-state index is 0.226. The number of rotatable bonds is 4. The van der Waals surface area contributed by atoms with Crippen molar-refractivity contribution in [3.8, 4) is 0 Å². The summed E-state index contributed by atoms with van der Waals surface area (Å²) >= 11 is 0. The van der Waals surface area contributed by atoms with Gasteiger partial charge in [0.15, 0.2) is 0 Å². The minimum atomic E-state index is -0.602. The van der Waals surface area contributed by atoms with Crippen molar-refractivity contribution < 1.29 is 13.2 Å². The molecule has 0 saturated heterocycles. The Hall–Kier alpha value is -1.81. The molecular weight excluding hydrogens is 251 g/mol. The van der Waals surface area contributed by atoms with Crippen molar-refractivity contribution in [3.05, 3.63) is 71.0 Å². The Kier molecular flexibility index (Phi) is 4.22. The van der Waals surface area contributed by atoms with Crippen LogP contribution in [0.2, 0.25) is 0 Å². The molecule has 0 bridgehead atoms. The third-order valence-electron chi connectivity index (χ3n) is 2.99. The first-order valence-electron chi connectivity index (χ1n) is 5.96. The van der Waals surface area contributed by atoms with Crippen molar-refractivity contribution >= 4 is 0 Å². The summed E-state index contributed by atoms with van der Waals surface area (Å²) in [6.07, 6.45) is 0.527. The average molecular weight is 265 g/mol. The summed E-state index contributed by atoms with van der Waals surface area (Å²) in [4.78, 5) is 0. The van der Waals surface area contributed by atoms with Gasteiger partial charge in [0.2, 0.25) is 0 Å². The van der Waals surface area contributed by atoms with E-state index in [9.17, 15) is 13.2 Å². The SMILES string of the molecule is CNC(Cc1ccc(F)cc1)c1cc(F)cc(F)c1. The van der Waals surface area contributed by atoms with Crippen molar-refractivity contribution in [2.75, 3.05) is 7.05 Å². The van der Waals surface area contributed by atoms with E-state index in [1.54, 1.807) is 19.2 Å². The zero-order chi connectivity index (χ0) is 13.8. The smallest absolute Gasteiger partial charge is 0.126 e. The summed E-state index contributed by atoms with van der Waals surface area (Å²) in [5, 5.41) is 3.01. The van der Waals surface area contributed by atoms with Crippen molar-refractivity contribution in [1.82, 2.24) is 5.32 Å². The van der Waals surface area contributed by atoms with E-state index in [0.717, 1.165) is 11.6 Å². The molecule has 0 spiro atoms. The van der Waals surface area contributed by atoms with Crippen LogP contribution in [0, 0.1) is 17.5 Å². The van der Waals surface area contributed by atoms with Crippen LogP contribution in [0.1, 0.15) is 17.2 Å². The van der Waals surface area contributed by atoms with E-state index >= 15 is 0 Å². The molecule has 1 atom stereocenters. The topological polar surface area (TPSA) is 12.0 Å². The van der Waals surface area contributed by atoms with Crippen LogP contribution >= 0.6 is 0 Å². The monoisotopic (exact) mass is 265 g/mol. The summed E-state index contributed by atoms with van der Waals surface area (Å²) in [6.45, 7) is 0. The Morgan fingerprint density at radius 1 is 0.895 bits per heavy atom. The highest BCUT2D eigenvalue weighted by Crippen LogP contribution is 2.20. The van der Waals surface area contributed by atoms with Crippen LogP contribution < -0.4 is 5.32 Å². The number of likely N-dealkylation sites (N-methyl/N-ethyl adjacent to an activating group) is 1. The molecule has 1 N–H and O–H groups in total. The van der Waals surface area contributed by atoms with Gasteiger partial charge >= 0.3 is 0 Å². The van der Waals surface area contributed by atoms with Gasteiger partial charge < -0.3 is 5.32 Å². The second-order valence-corrected chi connectivity index (χ2v) is 4.37. The Morgan fingerprint density at radius 3 is 2.00 bits per heavy atom. The molecule has 2 aromatic rings. The van der Waals surface area contributed by atoms with Gasteiger partial charge in [0, 0.05) is 12.1 Å². The molecular formula is C15H14F3N. The predicted molar refractivity (Wildman–Crippen MR) is 68.3 cm³/mol. The Bertz CT molecular complexity index is 532. The van der Waals surface area contributed by atoms with E-state index in [-0.39, 0.29) is 11.9 Å². The summed E-state index contributed by atoms with van der Waals surface area (Å²) in [7, 11) is 1.72. The Labute approximate surface area is 110 Å². The molecule has 0 aliphatic carbocycles. The molecule has 19 heavy (non-hydrogen) atoms. The van der Waals surface area contributed by atoms with Crippen LogP contribution in [0.4, 0.5) is 13.2 Å². The van der Waals surface area contributed by atoms with E-state index in [0.29, 0.717) is 12.0 Å². The Balaban J connectivity index is 2.22. The lowest BCUT2D eigenvalue weighted by Crippen LogP contribution is -2.19. The molecule has 0 heterocycles. The zero-order valence-corrected chi connectivity index (χ0v) is 10.5. The van der Waals surface area contributed by atoms with Crippen LogP contribution in [-0.2, 0) is 6.42 Å². The molecule has 1 nitrogen and oxygen atoms in total. The summed E-state index contributed by atoms with van der Waals surface area (Å²) in [5.41, 5.74) is 1.43. The molecule has 0 aliphatic rings. The largest absolute Gasteiger partial charge is 0.313 e. The first kappa shape index (κ1) is 13.6. The normalized spacial score (nSPS) is 12.4. The standard InChI is InChI=1S/C15H14F3N/c1-19-15(6-10-2-4-12(16)5-3-10)11-7-13(17)9-14(18)8-11/h2-5,7-9,15,19H,6H2,1H3. The fourth-order valence-electron chi connectivity index (χ4n) is 2.02. The highest BCUT2D eigenvalue weighted by Gasteiger charge is 2.12. The summed E-state index contributed by atoms with van der Waals surface area (Å²) in [5.74, 6) is -1.51. The van der Waals surface area contributed by atoms with Gasteiger partial charge in [-0.2, -0.15) is 0 Å². The first-order chi connectivity index (χ1) is 9.08. The molecule has 2 aromatic carbocycles. The molecule has 4 heteroatoms. The molecule has 0 aliphatic heterocycles. The molecule has 1 unspecified atom stereocenters. The number of halogens is 3. The second kappa shape index (κ2) is 5.89. The number of benzene rings is 2. The van der Waals surface area contributed by atoms with E-state index in [1.807, 2.05) is 0 Å². The lowest BCUT2D eigenvalue weighted by molar-refractivity contribution is 0.550. The van der Waals surface area contributed by atoms with Gasteiger partial charge in [-0.25, -0.2) is 13.2 Å². The van der Waals surface area contributed by atoms with Gasteiger partial charge in [0.25, 0.3) is 0 Å². The van der Waals surface area contributed by atoms with Gasteiger partial charge in [-0.05, 0) is 48.9 Å². The maximum atomic E-state index is 13.2. The van der Waals surface area contributed by atoms with E-state index in [1.165, 1.54) is 24.3 Å². The van der Waals surface area contributed by atoms with Crippen LogP contribution in [0.15, 0.2) is 42.5 Å². The van der Waals surface area contributed by atoms with Gasteiger partial charge in [-0.15, -0.1) is 0 Å². The molecule has 0 amide bonds. The third kappa shape index (κ3) is 3.58. The van der Waals surface area contributed by atoms with Crippen molar-refractivity contribution in [2.24, 2.45) is 0 Å². The van der Waals surface area contributed by atoms with Crippen LogP contribution in [-0.4, -0.2) is 7.05 Å². The predicted octanol–water partition coefficient (Wildman–Crippen LogP) is 3.61. The van der Waals surface area contributed by atoms with E-state index in [4.69, 9.17) is 0 Å². The van der Waals surface area contributed by atoms with Gasteiger partial charge in [0.1, 0.15) is 17.5 Å². The van der Waals surface area contributed by atoms with Crippen molar-refractivity contribution in [2.45, 2.75) is 12.5 Å². The maximum absolute atomic E-state index is 13.2. The van der Waals surface area contributed by atoms with Crippen LogP contribution in [0.3, 0.4) is 0 Å². The van der Waals surface area contributed by atoms with Crippen molar-refractivity contribution in [3.63, 3.8) is 0 Å². The quantitative estimate of drug-likeness (QED) is 0.890. The maximum Gasteiger partial charge on any atom is 0.126 e. The van der Waals surface area contributed by atoms with Crippen LogP contribution in [0.5, 0.6) is 0 Å². The van der Waals surface area contributed by atoms with E-state index in [2.05, 4.69) is 5.32 Å². The molecule has 100 valence electrons. The molecule has 0 saturated carbocycles. The zero-order valence-electron chi connectivity index (χ0n) is 10.5. The number of hydrogen-bond donors (Lipinski definition) is 1. The van der Waals surface area contributed by atoms with E-state index < -0.39 is 11.6 Å². The third-order valence-corrected chi connectivity index (χ3v) is 2.99. The summed E-state index contributed by atoms with van der Waals surface area (Å²) < 4.78 is 39.2. The molecule has 0 fully saturated rings. The average Bonchev–Trinajstić information content (AvgIpc) is 2.37. The fraction of sp³-hybridized carbons (Fsp3) is 0.200. The number of hydrogen-bond acceptors (Lipinski definition) is 1. The highest BCUT2D eigenvalue weighted by atomic mass is 19.1. The Morgan fingerprint density at radius 2 is 1.47 bits per heavy atom. The lowest BCUT2D eigenvalue weighted by Gasteiger charge is -2.17. The fourth-order valence-corrected chi connectivity index (χ4v) is 2.02. The molecule has 0 radical (unpaired) electrons. The minimum Gasteiger partial charge on any atom is -0.313 e. The van der Waals surface area contributed by atoms with Crippen LogP contribution in [0.25, 0.3) is 0 Å². The van der Waals surface area contributed by atoms with Gasteiger partial charge in [-0.1, -0.05) is 12.1 Å². The highest BCUT2D eigenvalue weighted by molar-refractivity contribution is 5.25. The van der Waals surface area contributed by atoms with Crippen molar-refractivity contribution in [1.29, 1.82) is 0 Å². The second-order valence-electron chi connectivity index (χ2n) is 4.37. The lowest BCUT2D eigenvalue weighted by atomic mass is 9.99. The number of nitrogens with one attached hydrogen (secondary N) is 1. The van der Waals surface area contributed by atoms with Gasteiger partial charge in [0.05, 0.1) is 0 Å². The van der Waals surface area contributed by atoms with Gasteiger partial charge in [-0.3, -0.25) is 0 Å².